The molecule has 0 aliphatic rings. The second-order valence-electron chi connectivity index (χ2n) is 4.91. The molecule has 4 N–H and O–H groups in total. The van der Waals surface area contributed by atoms with Gasteiger partial charge in [0.25, 0.3) is 11.3 Å². The van der Waals surface area contributed by atoms with Crippen molar-refractivity contribution in [2.24, 2.45) is 10.2 Å². The van der Waals surface area contributed by atoms with Crippen LogP contribution in [0.2, 0.25) is 0 Å². The van der Waals surface area contributed by atoms with E-state index in [2.05, 4.69) is 15.0 Å². The molecule has 0 heterocycles. The maximum Gasteiger partial charge on any atom is 0.259 e. The summed E-state index contributed by atoms with van der Waals surface area (Å²) in [6, 6.07) is 14.8. The number of azo groups is 1. The van der Waals surface area contributed by atoms with Crippen molar-refractivity contribution in [3.63, 3.8) is 0 Å². The molecule has 3 aromatic rings. The van der Waals surface area contributed by atoms with Gasteiger partial charge < -0.3 is 10.2 Å². The van der Waals surface area contributed by atoms with Crippen molar-refractivity contribution < 1.29 is 19.0 Å². The van der Waals surface area contributed by atoms with Crippen molar-refractivity contribution in [3.8, 4) is 11.5 Å². The second-order valence-corrected chi connectivity index (χ2v) is 5.61. The molecule has 1 unspecified atom stereocenters. The fourth-order valence-corrected chi connectivity index (χ4v) is 2.55. The van der Waals surface area contributed by atoms with Crippen LogP contribution in [0.4, 0.5) is 17.1 Å². The van der Waals surface area contributed by atoms with E-state index in [1.54, 1.807) is 12.1 Å². The second kappa shape index (κ2) is 6.65. The van der Waals surface area contributed by atoms with Gasteiger partial charge in [-0.1, -0.05) is 30.3 Å². The number of hydrogen-bond acceptors (Lipinski definition) is 5. The zero-order valence-electron chi connectivity index (χ0n) is 12.2. The highest BCUT2D eigenvalue weighted by Gasteiger charge is 2.07. The Morgan fingerprint density at radius 1 is 0.917 bits per heavy atom. The molecule has 7 nitrogen and oxygen atoms in total. The van der Waals surface area contributed by atoms with Gasteiger partial charge in [0, 0.05) is 5.39 Å². The number of aromatic hydroxyl groups is 2. The Hall–Kier alpha value is -2.97. The van der Waals surface area contributed by atoms with E-state index in [0.717, 1.165) is 5.39 Å². The Morgan fingerprint density at radius 2 is 1.67 bits per heavy atom. The van der Waals surface area contributed by atoms with Crippen LogP contribution in [0.3, 0.4) is 0 Å². The molecule has 8 heteroatoms. The van der Waals surface area contributed by atoms with Crippen molar-refractivity contribution in [1.29, 1.82) is 0 Å². The number of hydrogen-bond donors (Lipinski definition) is 4. The first-order chi connectivity index (χ1) is 11.5. The lowest BCUT2D eigenvalue weighted by molar-refractivity contribution is 0.474. The molecule has 3 aromatic carbocycles. The first-order valence-corrected chi connectivity index (χ1v) is 7.98. The highest BCUT2D eigenvalue weighted by Crippen LogP contribution is 2.37. The minimum absolute atomic E-state index is 0.0392. The summed E-state index contributed by atoms with van der Waals surface area (Å²) in [7, 11) is 0. The normalized spacial score (nSPS) is 12.5. The van der Waals surface area contributed by atoms with Crippen molar-refractivity contribution >= 4 is 39.1 Å². The van der Waals surface area contributed by atoms with Crippen LogP contribution in [0.1, 0.15) is 0 Å². The first kappa shape index (κ1) is 15.9. The Labute approximate surface area is 139 Å². The fourth-order valence-electron chi connectivity index (χ4n) is 2.22. The van der Waals surface area contributed by atoms with Crippen LogP contribution in [0, 0.1) is 0 Å². The summed E-state index contributed by atoms with van der Waals surface area (Å²) in [6.45, 7) is 0. The summed E-state index contributed by atoms with van der Waals surface area (Å²) in [5.74, 6) is -0.185. The molecule has 0 saturated carbocycles. The molecule has 0 aromatic heterocycles. The molecule has 3 rings (SSSR count). The van der Waals surface area contributed by atoms with Crippen molar-refractivity contribution in [3.05, 3.63) is 54.6 Å². The van der Waals surface area contributed by atoms with Gasteiger partial charge in [-0.3, -0.25) is 9.27 Å². The average Bonchev–Trinajstić information content (AvgIpc) is 2.56. The summed E-state index contributed by atoms with van der Waals surface area (Å²) in [5.41, 5.74) is 0.666. The van der Waals surface area contributed by atoms with E-state index < -0.39 is 11.3 Å². The molecule has 0 spiro atoms. The number of phenols is 2. The van der Waals surface area contributed by atoms with Gasteiger partial charge >= 0.3 is 0 Å². The molecule has 122 valence electrons. The molecule has 0 aliphatic carbocycles. The summed E-state index contributed by atoms with van der Waals surface area (Å²) >= 11 is -2.24. The quantitative estimate of drug-likeness (QED) is 0.322. The van der Waals surface area contributed by atoms with Crippen LogP contribution in [0.25, 0.3) is 10.8 Å². The fraction of sp³-hybridized carbons (Fsp3) is 0. The molecule has 0 saturated heterocycles. The maximum atomic E-state index is 10.8. The SMILES string of the molecule is O=S(O)Nc1ccc(O)c(N=Nc2c(O)ccc3ccccc23)c1. The topological polar surface area (TPSA) is 115 Å². The van der Waals surface area contributed by atoms with E-state index in [0.29, 0.717) is 11.1 Å². The van der Waals surface area contributed by atoms with E-state index in [-0.39, 0.29) is 22.9 Å². The number of nitrogens with zero attached hydrogens (tertiary/aromatic N) is 2. The molecule has 0 amide bonds. The third-order valence-corrected chi connectivity index (χ3v) is 3.73. The van der Waals surface area contributed by atoms with Gasteiger partial charge in [0.05, 0.1) is 5.69 Å². The van der Waals surface area contributed by atoms with Crippen molar-refractivity contribution in [1.82, 2.24) is 0 Å². The average molecular weight is 343 g/mol. The molecule has 1 atom stereocenters. The van der Waals surface area contributed by atoms with Gasteiger partial charge in [0.2, 0.25) is 0 Å². The number of anilines is 1. The third kappa shape index (κ3) is 3.34. The van der Waals surface area contributed by atoms with Crippen LogP contribution in [-0.4, -0.2) is 19.0 Å². The zero-order chi connectivity index (χ0) is 17.1. The minimum Gasteiger partial charge on any atom is -0.506 e. The lowest BCUT2D eigenvalue weighted by atomic mass is 10.1. The predicted molar refractivity (Wildman–Crippen MR) is 92.3 cm³/mol. The van der Waals surface area contributed by atoms with Crippen LogP contribution < -0.4 is 4.72 Å². The monoisotopic (exact) mass is 343 g/mol. The van der Waals surface area contributed by atoms with Crippen molar-refractivity contribution in [2.75, 3.05) is 4.72 Å². The van der Waals surface area contributed by atoms with Gasteiger partial charge in [0.15, 0.2) is 0 Å². The number of fused-ring (bicyclic) bond motifs is 1. The molecule has 24 heavy (non-hydrogen) atoms. The molecule has 0 bridgehead atoms. The van der Waals surface area contributed by atoms with Crippen LogP contribution in [-0.2, 0) is 11.3 Å². The van der Waals surface area contributed by atoms with Crippen molar-refractivity contribution in [2.45, 2.75) is 0 Å². The number of phenolic OH excluding ortho intramolecular Hbond substituents is 2. The van der Waals surface area contributed by atoms with Gasteiger partial charge in [0.1, 0.15) is 22.9 Å². The predicted octanol–water partition coefficient (Wildman–Crippen LogP) is 4.22. The number of benzene rings is 3. The summed E-state index contributed by atoms with van der Waals surface area (Å²) in [4.78, 5) is 0. The molecular formula is C16H13N3O4S. The van der Waals surface area contributed by atoms with Crippen LogP contribution >= 0.6 is 0 Å². The van der Waals surface area contributed by atoms with Gasteiger partial charge in [-0.05, 0) is 29.7 Å². The van der Waals surface area contributed by atoms with E-state index in [9.17, 15) is 14.4 Å². The Kier molecular flexibility index (Phi) is 4.41. The number of nitrogens with one attached hydrogen (secondary N) is 1. The summed E-state index contributed by atoms with van der Waals surface area (Å²) in [6.07, 6.45) is 0. The summed E-state index contributed by atoms with van der Waals surface area (Å²) < 4.78 is 21.9. The smallest absolute Gasteiger partial charge is 0.259 e. The summed E-state index contributed by atoms with van der Waals surface area (Å²) in [5, 5.41) is 29.5. The largest absolute Gasteiger partial charge is 0.506 e. The lowest BCUT2D eigenvalue weighted by Gasteiger charge is -2.05. The molecular weight excluding hydrogens is 330 g/mol. The first-order valence-electron chi connectivity index (χ1n) is 6.87. The van der Waals surface area contributed by atoms with Crippen LogP contribution in [0.15, 0.2) is 64.8 Å². The minimum atomic E-state index is -2.24. The Bertz CT molecular complexity index is 959. The van der Waals surface area contributed by atoms with E-state index in [4.69, 9.17) is 4.55 Å². The van der Waals surface area contributed by atoms with E-state index in [1.807, 2.05) is 18.2 Å². The van der Waals surface area contributed by atoms with Crippen LogP contribution in [0.5, 0.6) is 11.5 Å². The van der Waals surface area contributed by atoms with Gasteiger partial charge in [-0.25, -0.2) is 4.21 Å². The third-order valence-electron chi connectivity index (χ3n) is 3.32. The Balaban J connectivity index is 2.03. The zero-order valence-corrected chi connectivity index (χ0v) is 13.1. The van der Waals surface area contributed by atoms with E-state index in [1.165, 1.54) is 24.3 Å². The van der Waals surface area contributed by atoms with E-state index >= 15 is 0 Å². The van der Waals surface area contributed by atoms with Gasteiger partial charge in [-0.15, -0.1) is 10.2 Å². The highest BCUT2D eigenvalue weighted by atomic mass is 32.2. The Morgan fingerprint density at radius 3 is 2.46 bits per heavy atom. The van der Waals surface area contributed by atoms with Gasteiger partial charge in [-0.2, -0.15) is 0 Å². The molecule has 0 fully saturated rings. The highest BCUT2D eigenvalue weighted by molar-refractivity contribution is 7.80. The molecule has 0 aliphatic heterocycles. The lowest BCUT2D eigenvalue weighted by Crippen LogP contribution is -2.01. The molecule has 0 radical (unpaired) electrons. The standard InChI is InChI=1S/C16H13N3O4S/c20-14-8-6-11(19-24(22)23)9-13(14)17-18-16-12-4-2-1-3-10(12)5-7-15(16)21/h1-9,19-21H,(H,22,23). The maximum absolute atomic E-state index is 10.8. The number of rotatable bonds is 4.